The van der Waals surface area contributed by atoms with Gasteiger partial charge in [-0.3, -0.25) is 4.79 Å². The lowest BCUT2D eigenvalue weighted by Crippen LogP contribution is -2.67. The maximum atomic E-state index is 13.4. The van der Waals surface area contributed by atoms with Gasteiger partial charge in [0.25, 0.3) is 0 Å². The Kier molecular flexibility index (Phi) is 7.10. The van der Waals surface area contributed by atoms with Crippen LogP contribution in [0.4, 0.5) is 0 Å². The molecule has 3 saturated carbocycles. The van der Waals surface area contributed by atoms with Gasteiger partial charge >= 0.3 is 5.97 Å². The van der Waals surface area contributed by atoms with Gasteiger partial charge in [0, 0.05) is 30.3 Å². The molecule has 3 aliphatic carbocycles. The van der Waals surface area contributed by atoms with E-state index in [4.69, 9.17) is 9.47 Å². The third kappa shape index (κ3) is 4.36. The number of fused-ring (bicyclic) bond motifs is 2. The average Bonchev–Trinajstić information content (AvgIpc) is 3.18. The van der Waals surface area contributed by atoms with Crippen LogP contribution in [-0.4, -0.2) is 74.0 Å². The Balaban J connectivity index is 1.29. The van der Waals surface area contributed by atoms with Crippen LogP contribution in [0.3, 0.4) is 0 Å². The molecule has 5 fully saturated rings. The van der Waals surface area contributed by atoms with Crippen LogP contribution in [0.15, 0.2) is 0 Å². The van der Waals surface area contributed by atoms with Crippen LogP contribution >= 0.6 is 0 Å². The summed E-state index contributed by atoms with van der Waals surface area (Å²) in [7, 11) is 4.31. The van der Waals surface area contributed by atoms with Crippen LogP contribution in [-0.2, 0) is 14.3 Å². The highest BCUT2D eigenvalue weighted by molar-refractivity contribution is 5.76. The average molecular weight is 504 g/mol. The van der Waals surface area contributed by atoms with Crippen molar-refractivity contribution in [3.63, 3.8) is 0 Å². The zero-order chi connectivity index (χ0) is 25.9. The van der Waals surface area contributed by atoms with E-state index in [1.54, 1.807) is 0 Å². The van der Waals surface area contributed by atoms with Crippen molar-refractivity contribution < 1.29 is 14.3 Å². The number of rotatable bonds is 9. The number of piperidine rings is 1. The standard InChI is InChI=1S/C30H53N3O3/c1-20-11-12-23-29(5)25(31-15-9-8-10-16-33(6)7)21-17-30(20,23)24(18-28(21,4)36-29)35-26(34)22-13-14-27(2,3)19-32-22/h20-25,31-32H,8-19H2,1-7H3/t20-,21-,22+,23-,24?,25+,28?,29+,30-/m1/s1. The molecular weight excluding hydrogens is 450 g/mol. The summed E-state index contributed by atoms with van der Waals surface area (Å²) in [5, 5.41) is 7.50. The van der Waals surface area contributed by atoms with Gasteiger partial charge in [0.1, 0.15) is 12.1 Å². The molecule has 5 rings (SSSR count). The smallest absolute Gasteiger partial charge is 0.323 e. The van der Waals surface area contributed by atoms with Gasteiger partial charge in [-0.25, -0.2) is 0 Å². The zero-order valence-corrected chi connectivity index (χ0v) is 24.1. The lowest BCUT2D eigenvalue weighted by atomic mass is 9.48. The molecule has 2 heterocycles. The molecule has 5 aliphatic rings. The molecule has 0 radical (unpaired) electrons. The number of esters is 1. The van der Waals surface area contributed by atoms with Gasteiger partial charge in [0.15, 0.2) is 0 Å². The lowest BCUT2D eigenvalue weighted by Gasteiger charge is -2.58. The van der Waals surface area contributed by atoms with Crippen molar-refractivity contribution in [2.45, 2.75) is 122 Å². The minimum absolute atomic E-state index is 0.0231. The van der Waals surface area contributed by atoms with Crippen LogP contribution in [0, 0.1) is 28.6 Å². The van der Waals surface area contributed by atoms with Gasteiger partial charge in [0.05, 0.1) is 11.2 Å². The first-order valence-corrected chi connectivity index (χ1v) is 14.9. The molecule has 36 heavy (non-hydrogen) atoms. The van der Waals surface area contributed by atoms with Gasteiger partial charge < -0.3 is 25.0 Å². The van der Waals surface area contributed by atoms with Crippen LogP contribution in [0.25, 0.3) is 0 Å². The van der Waals surface area contributed by atoms with Gasteiger partial charge in [-0.05, 0) is 103 Å². The molecule has 1 spiro atoms. The first kappa shape index (κ1) is 26.9. The molecule has 206 valence electrons. The summed E-state index contributed by atoms with van der Waals surface area (Å²) in [5.74, 6) is 1.48. The second kappa shape index (κ2) is 9.50. The molecule has 6 nitrogen and oxygen atoms in total. The molecule has 9 atom stereocenters. The fourth-order valence-electron chi connectivity index (χ4n) is 9.31. The maximum Gasteiger partial charge on any atom is 0.323 e. The quantitative estimate of drug-likeness (QED) is 0.360. The van der Waals surface area contributed by atoms with Crippen LogP contribution < -0.4 is 10.6 Å². The van der Waals surface area contributed by atoms with Crippen molar-refractivity contribution in [3.8, 4) is 0 Å². The molecule has 0 amide bonds. The third-order valence-corrected chi connectivity index (χ3v) is 11.3. The van der Waals surface area contributed by atoms with Gasteiger partial charge in [-0.15, -0.1) is 0 Å². The Bertz CT molecular complexity index is 822. The Morgan fingerprint density at radius 1 is 1.08 bits per heavy atom. The molecule has 0 aromatic carbocycles. The molecule has 2 unspecified atom stereocenters. The highest BCUT2D eigenvalue weighted by atomic mass is 16.6. The first-order valence-electron chi connectivity index (χ1n) is 14.9. The SMILES string of the molecule is C[C@@H]1CC[C@@H]2[C@]3(C)OC4(C)CC(OC(=O)[C@@H]5CCC(C)(C)CN5)[C@]12C[C@@H]4[C@@H]3NCCCCCN(C)C. The summed E-state index contributed by atoms with van der Waals surface area (Å²) in [4.78, 5) is 15.7. The summed E-state index contributed by atoms with van der Waals surface area (Å²) in [6.07, 6.45) is 10.0. The van der Waals surface area contributed by atoms with E-state index in [0.717, 1.165) is 38.8 Å². The summed E-state index contributed by atoms with van der Waals surface area (Å²) in [6.45, 7) is 14.8. The normalized spacial score (nSPS) is 46.8. The summed E-state index contributed by atoms with van der Waals surface area (Å²) < 4.78 is 13.7. The van der Waals surface area contributed by atoms with E-state index in [-0.39, 0.29) is 40.1 Å². The highest BCUT2D eigenvalue weighted by Crippen LogP contribution is 2.72. The largest absolute Gasteiger partial charge is 0.460 e. The molecule has 0 aromatic heterocycles. The number of hydrogen-bond acceptors (Lipinski definition) is 6. The number of nitrogens with zero attached hydrogens (tertiary/aromatic N) is 1. The van der Waals surface area contributed by atoms with Crippen LogP contribution in [0.5, 0.6) is 0 Å². The predicted molar refractivity (Wildman–Crippen MR) is 144 cm³/mol. The van der Waals surface area contributed by atoms with Crippen molar-refractivity contribution in [1.82, 2.24) is 15.5 Å². The van der Waals surface area contributed by atoms with E-state index >= 15 is 0 Å². The second-order valence-corrected chi connectivity index (χ2v) is 14.6. The third-order valence-electron chi connectivity index (χ3n) is 11.3. The summed E-state index contributed by atoms with van der Waals surface area (Å²) in [5.41, 5.74) is -0.0870. The van der Waals surface area contributed by atoms with Crippen molar-refractivity contribution in [2.75, 3.05) is 33.7 Å². The molecule has 3 bridgehead atoms. The van der Waals surface area contributed by atoms with E-state index in [9.17, 15) is 4.79 Å². The minimum Gasteiger partial charge on any atom is -0.460 e. The van der Waals surface area contributed by atoms with E-state index in [1.807, 2.05) is 0 Å². The van der Waals surface area contributed by atoms with Crippen molar-refractivity contribution in [2.24, 2.45) is 28.6 Å². The molecule has 2 aliphatic heterocycles. The topological polar surface area (TPSA) is 62.8 Å². The Morgan fingerprint density at radius 2 is 1.86 bits per heavy atom. The van der Waals surface area contributed by atoms with E-state index in [2.05, 4.69) is 64.2 Å². The number of carbonyl (C=O) groups excluding carboxylic acids is 1. The fraction of sp³-hybridized carbons (Fsp3) is 0.967. The van der Waals surface area contributed by atoms with Crippen LogP contribution in [0.1, 0.15) is 92.4 Å². The Labute approximate surface area is 220 Å². The fourth-order valence-corrected chi connectivity index (χ4v) is 9.31. The summed E-state index contributed by atoms with van der Waals surface area (Å²) in [6, 6.07) is 0.241. The maximum absolute atomic E-state index is 13.4. The Hall–Kier alpha value is -0.690. The molecule has 6 heteroatoms. The van der Waals surface area contributed by atoms with Crippen LogP contribution in [0.2, 0.25) is 0 Å². The second-order valence-electron chi connectivity index (χ2n) is 14.6. The van der Waals surface area contributed by atoms with Gasteiger partial charge in [0.2, 0.25) is 0 Å². The minimum atomic E-state index is -0.223. The monoisotopic (exact) mass is 503 g/mol. The molecule has 2 N–H and O–H groups in total. The van der Waals surface area contributed by atoms with E-state index < -0.39 is 0 Å². The van der Waals surface area contributed by atoms with Gasteiger partial charge in [-0.2, -0.15) is 0 Å². The molecule has 2 saturated heterocycles. The number of carbonyl (C=O) groups is 1. The number of nitrogens with one attached hydrogen (secondary N) is 2. The molecular formula is C30H53N3O3. The number of unbranched alkanes of at least 4 members (excludes halogenated alkanes) is 2. The molecule has 0 aromatic rings. The number of hydrogen-bond donors (Lipinski definition) is 2. The predicted octanol–water partition coefficient (Wildman–Crippen LogP) is 4.37. The Morgan fingerprint density at radius 3 is 2.56 bits per heavy atom. The van der Waals surface area contributed by atoms with E-state index in [1.165, 1.54) is 38.6 Å². The van der Waals surface area contributed by atoms with Crippen molar-refractivity contribution in [3.05, 3.63) is 0 Å². The van der Waals surface area contributed by atoms with Crippen molar-refractivity contribution >= 4 is 5.97 Å². The van der Waals surface area contributed by atoms with Gasteiger partial charge in [-0.1, -0.05) is 27.2 Å². The van der Waals surface area contributed by atoms with E-state index in [0.29, 0.717) is 23.8 Å². The number of ether oxygens (including phenoxy) is 2. The summed E-state index contributed by atoms with van der Waals surface area (Å²) >= 11 is 0. The lowest BCUT2D eigenvalue weighted by molar-refractivity contribution is -0.181. The zero-order valence-electron chi connectivity index (χ0n) is 24.1. The highest BCUT2D eigenvalue weighted by Gasteiger charge is 2.77. The van der Waals surface area contributed by atoms with Crippen molar-refractivity contribution in [1.29, 1.82) is 0 Å². The first-order chi connectivity index (χ1) is 16.9.